The minimum absolute atomic E-state index is 0.0670. The van der Waals surface area contributed by atoms with Gasteiger partial charge in [-0.25, -0.2) is 0 Å². The van der Waals surface area contributed by atoms with E-state index >= 15 is 0 Å². The fourth-order valence-corrected chi connectivity index (χ4v) is 4.67. The van der Waals surface area contributed by atoms with Gasteiger partial charge in [0.1, 0.15) is 0 Å². The number of likely N-dealkylation sites (tertiary alicyclic amines) is 2. The lowest BCUT2D eigenvalue weighted by atomic mass is 9.84. The summed E-state index contributed by atoms with van der Waals surface area (Å²) in [5.41, 5.74) is 1.15. The van der Waals surface area contributed by atoms with Gasteiger partial charge >= 0.3 is 0 Å². The van der Waals surface area contributed by atoms with Crippen molar-refractivity contribution in [1.82, 2.24) is 15.1 Å². The Morgan fingerprint density at radius 1 is 1.10 bits per heavy atom. The normalized spacial score (nSPS) is 21.0. The highest BCUT2D eigenvalue weighted by Gasteiger charge is 2.28. The van der Waals surface area contributed by atoms with Gasteiger partial charge < -0.3 is 24.6 Å². The van der Waals surface area contributed by atoms with Gasteiger partial charge in [-0.15, -0.1) is 0 Å². The van der Waals surface area contributed by atoms with Crippen molar-refractivity contribution in [2.24, 2.45) is 10.9 Å². The van der Waals surface area contributed by atoms with Crippen molar-refractivity contribution in [1.29, 1.82) is 0 Å². The Bertz CT molecular complexity index is 713. The fourth-order valence-electron chi connectivity index (χ4n) is 4.67. The van der Waals surface area contributed by atoms with E-state index in [1.54, 1.807) is 14.2 Å². The van der Waals surface area contributed by atoms with Crippen LogP contribution in [0.3, 0.4) is 0 Å². The Morgan fingerprint density at radius 3 is 2.50 bits per heavy atom. The number of benzene rings is 1. The molecule has 6 nitrogen and oxygen atoms in total. The molecule has 0 spiro atoms. The Morgan fingerprint density at radius 2 is 1.83 bits per heavy atom. The van der Waals surface area contributed by atoms with E-state index in [9.17, 15) is 0 Å². The first-order valence-corrected chi connectivity index (χ1v) is 11.4. The Labute approximate surface area is 182 Å². The van der Waals surface area contributed by atoms with E-state index in [0.717, 1.165) is 43.0 Å². The van der Waals surface area contributed by atoms with Crippen LogP contribution in [0.1, 0.15) is 45.1 Å². The Kier molecular flexibility index (Phi) is 7.87. The molecule has 2 saturated heterocycles. The summed E-state index contributed by atoms with van der Waals surface area (Å²) < 4.78 is 10.9. The summed E-state index contributed by atoms with van der Waals surface area (Å²) in [6, 6.07) is 6.18. The molecule has 0 saturated carbocycles. The van der Waals surface area contributed by atoms with Gasteiger partial charge in [0.15, 0.2) is 17.5 Å². The van der Waals surface area contributed by atoms with Crippen LogP contribution >= 0.6 is 0 Å². The molecule has 168 valence electrons. The van der Waals surface area contributed by atoms with E-state index in [1.807, 2.05) is 13.1 Å². The first-order valence-electron chi connectivity index (χ1n) is 11.4. The number of aliphatic imine (C=N–C) groups is 1. The lowest BCUT2D eigenvalue weighted by molar-refractivity contribution is 0.198. The van der Waals surface area contributed by atoms with Gasteiger partial charge in [0, 0.05) is 38.6 Å². The summed E-state index contributed by atoms with van der Waals surface area (Å²) in [7, 11) is 5.24. The molecule has 0 amide bonds. The van der Waals surface area contributed by atoms with Crippen LogP contribution in [0.2, 0.25) is 0 Å². The highest BCUT2D eigenvalue weighted by Crippen LogP contribution is 2.33. The van der Waals surface area contributed by atoms with Crippen LogP contribution in [0.15, 0.2) is 23.2 Å². The van der Waals surface area contributed by atoms with Crippen LogP contribution in [-0.2, 0) is 5.41 Å². The second-order valence-corrected chi connectivity index (χ2v) is 9.32. The number of ether oxygens (including phenoxy) is 2. The van der Waals surface area contributed by atoms with Gasteiger partial charge in [-0.1, -0.05) is 26.3 Å². The molecule has 30 heavy (non-hydrogen) atoms. The molecule has 2 heterocycles. The number of hydrogen-bond acceptors (Lipinski definition) is 4. The van der Waals surface area contributed by atoms with Crippen molar-refractivity contribution in [3.05, 3.63) is 23.8 Å². The molecule has 0 aromatic heterocycles. The molecule has 3 rings (SSSR count). The van der Waals surface area contributed by atoms with Crippen LogP contribution in [0.5, 0.6) is 11.5 Å². The van der Waals surface area contributed by atoms with Crippen molar-refractivity contribution in [2.45, 2.75) is 44.9 Å². The summed E-state index contributed by atoms with van der Waals surface area (Å²) in [6.07, 6.45) is 5.39. The molecule has 1 unspecified atom stereocenters. The molecule has 1 aromatic rings. The Balaban J connectivity index is 1.55. The number of rotatable bonds is 7. The minimum Gasteiger partial charge on any atom is -0.493 e. The number of nitrogens with one attached hydrogen (secondary N) is 1. The highest BCUT2D eigenvalue weighted by atomic mass is 16.5. The zero-order valence-electron chi connectivity index (χ0n) is 19.5. The van der Waals surface area contributed by atoms with Crippen LogP contribution in [0.4, 0.5) is 0 Å². The smallest absolute Gasteiger partial charge is 0.193 e. The van der Waals surface area contributed by atoms with Gasteiger partial charge in [0.05, 0.1) is 14.2 Å². The average Bonchev–Trinajstić information content (AvgIpc) is 3.22. The third-order valence-corrected chi connectivity index (χ3v) is 6.62. The molecule has 0 aliphatic carbocycles. The van der Waals surface area contributed by atoms with Crippen molar-refractivity contribution < 1.29 is 9.47 Å². The third kappa shape index (κ3) is 5.60. The SMILES string of the molecule is CN=C(NCC(C)(C)c1ccc(OC)c(OC)c1)N1CCC(CN2CCCCC2)C1. The summed E-state index contributed by atoms with van der Waals surface area (Å²) in [4.78, 5) is 9.67. The van der Waals surface area contributed by atoms with Crippen molar-refractivity contribution in [3.63, 3.8) is 0 Å². The number of piperidine rings is 1. The molecule has 1 atom stereocenters. The van der Waals surface area contributed by atoms with E-state index in [0.29, 0.717) is 0 Å². The molecule has 6 heteroatoms. The monoisotopic (exact) mass is 416 g/mol. The molecule has 1 aromatic carbocycles. The molecule has 0 radical (unpaired) electrons. The maximum absolute atomic E-state index is 5.49. The average molecular weight is 417 g/mol. The maximum Gasteiger partial charge on any atom is 0.193 e. The Hall–Kier alpha value is -1.95. The van der Waals surface area contributed by atoms with E-state index in [-0.39, 0.29) is 5.41 Å². The number of nitrogens with zero attached hydrogens (tertiary/aromatic N) is 3. The highest BCUT2D eigenvalue weighted by molar-refractivity contribution is 5.80. The van der Waals surface area contributed by atoms with Gasteiger partial charge in [0.2, 0.25) is 0 Å². The van der Waals surface area contributed by atoms with Crippen molar-refractivity contribution in [2.75, 3.05) is 60.5 Å². The lowest BCUT2D eigenvalue weighted by Crippen LogP contribution is -2.45. The van der Waals surface area contributed by atoms with Crippen LogP contribution in [-0.4, -0.2) is 76.3 Å². The predicted molar refractivity (Wildman–Crippen MR) is 124 cm³/mol. The van der Waals surface area contributed by atoms with E-state index in [1.165, 1.54) is 50.9 Å². The van der Waals surface area contributed by atoms with E-state index in [4.69, 9.17) is 9.47 Å². The van der Waals surface area contributed by atoms with Gasteiger partial charge in [-0.2, -0.15) is 0 Å². The van der Waals surface area contributed by atoms with Crippen LogP contribution in [0, 0.1) is 5.92 Å². The molecular weight excluding hydrogens is 376 g/mol. The minimum atomic E-state index is -0.0670. The first kappa shape index (κ1) is 22.7. The molecule has 2 fully saturated rings. The zero-order chi connectivity index (χ0) is 21.6. The second-order valence-electron chi connectivity index (χ2n) is 9.32. The summed E-state index contributed by atoms with van der Waals surface area (Å²) in [5.74, 6) is 3.30. The molecular formula is C24H40N4O2. The largest absolute Gasteiger partial charge is 0.493 e. The third-order valence-electron chi connectivity index (χ3n) is 6.62. The van der Waals surface area contributed by atoms with Gasteiger partial charge in [-0.3, -0.25) is 4.99 Å². The second kappa shape index (κ2) is 10.4. The zero-order valence-corrected chi connectivity index (χ0v) is 19.5. The summed E-state index contributed by atoms with van der Waals surface area (Å²) >= 11 is 0. The fraction of sp³-hybridized carbons (Fsp3) is 0.708. The van der Waals surface area contributed by atoms with Crippen molar-refractivity contribution in [3.8, 4) is 11.5 Å². The van der Waals surface area contributed by atoms with Crippen LogP contribution in [0.25, 0.3) is 0 Å². The molecule has 2 aliphatic heterocycles. The van der Waals surface area contributed by atoms with Crippen molar-refractivity contribution >= 4 is 5.96 Å². The first-order chi connectivity index (χ1) is 14.5. The van der Waals surface area contributed by atoms with E-state index in [2.05, 4.69) is 46.1 Å². The molecule has 0 bridgehead atoms. The predicted octanol–water partition coefficient (Wildman–Crippen LogP) is 3.36. The molecule has 1 N–H and O–H groups in total. The standard InChI is InChI=1S/C24H40N4O2/c1-24(2,20-9-10-21(29-4)22(15-20)30-5)18-26-23(25-3)28-14-11-19(17-28)16-27-12-7-6-8-13-27/h9-10,15,19H,6-8,11-14,16-18H2,1-5H3,(H,25,26). The number of hydrogen-bond donors (Lipinski definition) is 1. The maximum atomic E-state index is 5.49. The summed E-state index contributed by atoms with van der Waals surface area (Å²) in [6.45, 7) is 11.3. The van der Waals surface area contributed by atoms with E-state index < -0.39 is 0 Å². The topological polar surface area (TPSA) is 49.3 Å². The van der Waals surface area contributed by atoms with Gasteiger partial charge in [0.25, 0.3) is 0 Å². The number of methoxy groups -OCH3 is 2. The molecule has 2 aliphatic rings. The summed E-state index contributed by atoms with van der Waals surface area (Å²) in [5, 5.41) is 3.63. The number of guanidine groups is 1. The van der Waals surface area contributed by atoms with Gasteiger partial charge in [-0.05, 0) is 56.0 Å². The quantitative estimate of drug-likeness (QED) is 0.546. The van der Waals surface area contributed by atoms with Crippen LogP contribution < -0.4 is 14.8 Å². The lowest BCUT2D eigenvalue weighted by Gasteiger charge is -2.31.